The lowest BCUT2D eigenvalue weighted by Gasteiger charge is -1.90. The van der Waals surface area contributed by atoms with E-state index in [0.29, 0.717) is 6.08 Å². The smallest absolute Gasteiger partial charge is 0.289 e. The predicted molar refractivity (Wildman–Crippen MR) is 31.6 cm³/mol. The number of hydrogen-bond acceptors (Lipinski definition) is 2. The molecule has 1 aromatic rings. The SMILES string of the molecule is FC(=Cc1ncco1)C(F)F. The number of rotatable bonds is 2. The highest BCUT2D eigenvalue weighted by Gasteiger charge is 2.10. The molecule has 0 aromatic carbocycles. The maximum absolute atomic E-state index is 12.1. The van der Waals surface area contributed by atoms with E-state index < -0.39 is 12.3 Å². The quantitative estimate of drug-likeness (QED) is 0.668. The van der Waals surface area contributed by atoms with E-state index in [1.165, 1.54) is 12.5 Å². The van der Waals surface area contributed by atoms with Crippen LogP contribution in [0.25, 0.3) is 6.08 Å². The second kappa shape index (κ2) is 3.23. The van der Waals surface area contributed by atoms with Crippen LogP contribution in [0.1, 0.15) is 5.89 Å². The Hall–Kier alpha value is -1.26. The zero-order valence-corrected chi connectivity index (χ0v) is 5.30. The molecule has 5 heteroatoms. The predicted octanol–water partition coefficient (Wildman–Crippen LogP) is 2.25. The Balaban J connectivity index is 2.74. The summed E-state index contributed by atoms with van der Waals surface area (Å²) in [5.74, 6) is -1.71. The number of hydrogen-bond donors (Lipinski definition) is 0. The molecular formula is C6H4F3NO. The van der Waals surface area contributed by atoms with E-state index >= 15 is 0 Å². The van der Waals surface area contributed by atoms with E-state index in [0.717, 1.165) is 0 Å². The Labute approximate surface area is 60.3 Å². The molecule has 0 aliphatic carbocycles. The Morgan fingerprint density at radius 1 is 1.64 bits per heavy atom. The minimum absolute atomic E-state index is 0.164. The third-order valence-corrected chi connectivity index (χ3v) is 0.921. The van der Waals surface area contributed by atoms with Gasteiger partial charge in [-0.25, -0.2) is 18.2 Å². The molecule has 0 unspecified atom stereocenters. The molecule has 2 nitrogen and oxygen atoms in total. The van der Waals surface area contributed by atoms with Crippen molar-refractivity contribution >= 4 is 6.08 Å². The number of halogens is 3. The summed E-state index contributed by atoms with van der Waals surface area (Å²) in [4.78, 5) is 3.42. The molecule has 0 aliphatic heterocycles. The van der Waals surface area contributed by atoms with Gasteiger partial charge in [-0.15, -0.1) is 0 Å². The van der Waals surface area contributed by atoms with Crippen LogP contribution in [0.15, 0.2) is 22.7 Å². The summed E-state index contributed by atoms with van der Waals surface area (Å²) < 4.78 is 39.6. The highest BCUT2D eigenvalue weighted by atomic mass is 19.3. The molecule has 0 N–H and O–H groups in total. The van der Waals surface area contributed by atoms with Gasteiger partial charge in [-0.3, -0.25) is 0 Å². The maximum Gasteiger partial charge on any atom is 0.289 e. The molecule has 1 rings (SSSR count). The van der Waals surface area contributed by atoms with Crippen LogP contribution in [-0.2, 0) is 0 Å². The fourth-order valence-electron chi connectivity index (χ4n) is 0.487. The van der Waals surface area contributed by atoms with Crippen molar-refractivity contribution in [2.24, 2.45) is 0 Å². The average molecular weight is 163 g/mol. The highest BCUT2D eigenvalue weighted by molar-refractivity contribution is 5.41. The first kappa shape index (κ1) is 7.84. The third-order valence-electron chi connectivity index (χ3n) is 0.921. The molecule has 0 saturated heterocycles. The summed E-state index contributed by atoms with van der Waals surface area (Å²) in [6.45, 7) is 0. The standard InChI is InChI=1S/C6H4F3NO/c7-4(6(8)9)3-5-10-1-2-11-5/h1-3,6H. The van der Waals surface area contributed by atoms with Crippen LogP contribution in [0.3, 0.4) is 0 Å². The Bertz CT molecular complexity index is 242. The van der Waals surface area contributed by atoms with E-state index in [2.05, 4.69) is 9.40 Å². The van der Waals surface area contributed by atoms with Crippen molar-refractivity contribution in [3.05, 3.63) is 24.2 Å². The largest absolute Gasteiger partial charge is 0.445 e. The molecule has 0 spiro atoms. The lowest BCUT2D eigenvalue weighted by Crippen LogP contribution is -1.89. The topological polar surface area (TPSA) is 26.0 Å². The van der Waals surface area contributed by atoms with Crippen molar-refractivity contribution < 1.29 is 17.6 Å². The zero-order chi connectivity index (χ0) is 8.27. The van der Waals surface area contributed by atoms with Crippen LogP contribution in [0.4, 0.5) is 13.2 Å². The van der Waals surface area contributed by atoms with Crippen LogP contribution >= 0.6 is 0 Å². The summed E-state index contributed by atoms with van der Waals surface area (Å²) in [6, 6.07) is 0. The molecule has 0 bridgehead atoms. The van der Waals surface area contributed by atoms with Crippen molar-refractivity contribution in [2.45, 2.75) is 6.43 Å². The van der Waals surface area contributed by atoms with Crippen molar-refractivity contribution in [1.29, 1.82) is 0 Å². The number of alkyl halides is 2. The monoisotopic (exact) mass is 163 g/mol. The number of aromatic nitrogens is 1. The summed E-state index contributed by atoms with van der Waals surface area (Å²) in [7, 11) is 0. The van der Waals surface area contributed by atoms with E-state index in [9.17, 15) is 13.2 Å². The van der Waals surface area contributed by atoms with Crippen LogP contribution in [0.5, 0.6) is 0 Å². The minimum atomic E-state index is -3.11. The molecule has 1 heterocycles. The van der Waals surface area contributed by atoms with Crippen molar-refractivity contribution in [1.82, 2.24) is 4.98 Å². The van der Waals surface area contributed by atoms with Gasteiger partial charge in [0, 0.05) is 6.08 Å². The lowest BCUT2D eigenvalue weighted by atomic mass is 10.5. The van der Waals surface area contributed by atoms with Gasteiger partial charge in [0.15, 0.2) is 5.83 Å². The molecule has 0 amide bonds. The van der Waals surface area contributed by atoms with E-state index in [-0.39, 0.29) is 5.89 Å². The molecule has 0 atom stereocenters. The fraction of sp³-hybridized carbons (Fsp3) is 0.167. The lowest BCUT2D eigenvalue weighted by molar-refractivity contribution is 0.160. The van der Waals surface area contributed by atoms with Gasteiger partial charge in [-0.2, -0.15) is 0 Å². The summed E-state index contributed by atoms with van der Waals surface area (Å²) in [6.07, 6.45) is -0.151. The maximum atomic E-state index is 12.1. The van der Waals surface area contributed by atoms with Crippen molar-refractivity contribution in [2.75, 3.05) is 0 Å². The fourth-order valence-corrected chi connectivity index (χ4v) is 0.487. The van der Waals surface area contributed by atoms with Crippen LogP contribution < -0.4 is 0 Å². The Morgan fingerprint density at radius 2 is 2.36 bits per heavy atom. The van der Waals surface area contributed by atoms with Gasteiger partial charge in [-0.1, -0.05) is 0 Å². The van der Waals surface area contributed by atoms with Crippen LogP contribution in [0, 0.1) is 0 Å². The summed E-state index contributed by atoms with van der Waals surface area (Å²) >= 11 is 0. The molecule has 1 aromatic heterocycles. The van der Waals surface area contributed by atoms with Crippen molar-refractivity contribution in [3.63, 3.8) is 0 Å². The van der Waals surface area contributed by atoms with Crippen LogP contribution in [0.2, 0.25) is 0 Å². The summed E-state index contributed by atoms with van der Waals surface area (Å²) in [5.41, 5.74) is 0. The molecule has 60 valence electrons. The average Bonchev–Trinajstić information content (AvgIpc) is 2.39. The summed E-state index contributed by atoms with van der Waals surface area (Å²) in [5, 5.41) is 0. The van der Waals surface area contributed by atoms with Gasteiger partial charge in [-0.05, 0) is 0 Å². The van der Waals surface area contributed by atoms with Gasteiger partial charge in [0.2, 0.25) is 5.89 Å². The minimum Gasteiger partial charge on any atom is -0.445 e. The van der Waals surface area contributed by atoms with E-state index in [4.69, 9.17) is 0 Å². The highest BCUT2D eigenvalue weighted by Crippen LogP contribution is 2.13. The van der Waals surface area contributed by atoms with Crippen molar-refractivity contribution in [3.8, 4) is 0 Å². The number of allylic oxidation sites excluding steroid dienone is 1. The normalized spacial score (nSPS) is 12.5. The molecular weight excluding hydrogens is 159 g/mol. The first-order chi connectivity index (χ1) is 5.20. The second-order valence-corrected chi connectivity index (χ2v) is 1.70. The van der Waals surface area contributed by atoms with E-state index in [1.54, 1.807) is 0 Å². The molecule has 0 radical (unpaired) electrons. The first-order valence-electron chi connectivity index (χ1n) is 2.75. The van der Waals surface area contributed by atoms with E-state index in [1.807, 2.05) is 0 Å². The van der Waals surface area contributed by atoms with Gasteiger partial charge in [0.25, 0.3) is 6.43 Å². The van der Waals surface area contributed by atoms with Crippen LogP contribution in [-0.4, -0.2) is 11.4 Å². The Morgan fingerprint density at radius 3 is 2.82 bits per heavy atom. The molecule has 0 fully saturated rings. The molecule has 0 aliphatic rings. The molecule has 11 heavy (non-hydrogen) atoms. The van der Waals surface area contributed by atoms with Gasteiger partial charge in [0.1, 0.15) is 6.26 Å². The molecule has 0 saturated carbocycles. The number of nitrogens with zero attached hydrogens (tertiary/aromatic N) is 1. The zero-order valence-electron chi connectivity index (χ0n) is 5.30. The first-order valence-corrected chi connectivity index (χ1v) is 2.75. The van der Waals surface area contributed by atoms with Gasteiger partial charge >= 0.3 is 0 Å². The van der Waals surface area contributed by atoms with Gasteiger partial charge in [0.05, 0.1) is 6.20 Å². The Kier molecular flexibility index (Phi) is 2.30. The second-order valence-electron chi connectivity index (χ2n) is 1.70. The third kappa shape index (κ3) is 2.10. The number of oxazole rings is 1. The van der Waals surface area contributed by atoms with Gasteiger partial charge < -0.3 is 4.42 Å².